The van der Waals surface area contributed by atoms with E-state index in [4.69, 9.17) is 0 Å². The number of thiazole rings is 1. The van der Waals surface area contributed by atoms with Crippen LogP contribution in [0.5, 0.6) is 0 Å². The second kappa shape index (κ2) is 10.9. The molecule has 0 atom stereocenters. The second-order valence-corrected chi connectivity index (χ2v) is 8.28. The smallest absolute Gasteiger partial charge is 0.203 e. The number of nitrogens with one attached hydrogen (secondary N) is 1. The van der Waals surface area contributed by atoms with Crippen molar-refractivity contribution in [3.05, 3.63) is 65.5 Å². The summed E-state index contributed by atoms with van der Waals surface area (Å²) in [7, 11) is 0. The fourth-order valence-corrected chi connectivity index (χ4v) is 4.18. The molecule has 0 saturated carbocycles. The molecule has 0 spiro atoms. The standard InChI is InChI=1S/C22H25N3S2/c1-2-3-4-8-15-26-20-13-11-18(12-14-20)16-23-25-22-24-21(17-27-22)19-9-6-5-7-10-19/h5-7,9-14,16-17H,2-4,8,15H2,1H3,(H,24,25). The molecule has 0 aliphatic rings. The van der Waals surface area contributed by atoms with Crippen molar-refractivity contribution in [2.45, 2.75) is 37.5 Å². The zero-order valence-corrected chi connectivity index (χ0v) is 17.2. The monoisotopic (exact) mass is 395 g/mol. The highest BCUT2D eigenvalue weighted by Gasteiger charge is 2.02. The molecule has 2 aromatic carbocycles. The molecule has 5 heteroatoms. The lowest BCUT2D eigenvalue weighted by Crippen LogP contribution is -1.90. The highest BCUT2D eigenvalue weighted by atomic mass is 32.2. The summed E-state index contributed by atoms with van der Waals surface area (Å²) in [5.41, 5.74) is 6.19. The first-order valence-electron chi connectivity index (χ1n) is 9.38. The molecular weight excluding hydrogens is 370 g/mol. The van der Waals surface area contributed by atoms with Gasteiger partial charge in [0, 0.05) is 15.8 Å². The summed E-state index contributed by atoms with van der Waals surface area (Å²) in [4.78, 5) is 5.89. The minimum Gasteiger partial charge on any atom is -0.253 e. The summed E-state index contributed by atoms with van der Waals surface area (Å²) in [5, 5.41) is 7.15. The molecule has 0 saturated heterocycles. The summed E-state index contributed by atoms with van der Waals surface area (Å²) in [6.07, 6.45) is 7.10. The maximum absolute atomic E-state index is 4.57. The largest absolute Gasteiger partial charge is 0.253 e. The van der Waals surface area contributed by atoms with Gasteiger partial charge >= 0.3 is 0 Å². The summed E-state index contributed by atoms with van der Waals surface area (Å²) >= 11 is 3.49. The van der Waals surface area contributed by atoms with Gasteiger partial charge in [0.15, 0.2) is 0 Å². The highest BCUT2D eigenvalue weighted by molar-refractivity contribution is 7.99. The molecule has 0 amide bonds. The number of unbranched alkanes of at least 4 members (excludes halogenated alkanes) is 3. The molecule has 0 bridgehead atoms. The Morgan fingerprint density at radius 1 is 1.04 bits per heavy atom. The van der Waals surface area contributed by atoms with Gasteiger partial charge in [-0.3, -0.25) is 5.43 Å². The Balaban J connectivity index is 1.46. The van der Waals surface area contributed by atoms with E-state index in [1.165, 1.54) is 36.3 Å². The van der Waals surface area contributed by atoms with Crippen LogP contribution in [-0.4, -0.2) is 17.0 Å². The van der Waals surface area contributed by atoms with Crippen LogP contribution in [0.25, 0.3) is 11.3 Å². The van der Waals surface area contributed by atoms with Crippen molar-refractivity contribution >= 4 is 34.4 Å². The molecule has 0 aliphatic carbocycles. The first-order chi connectivity index (χ1) is 13.3. The zero-order valence-electron chi connectivity index (χ0n) is 15.6. The quantitative estimate of drug-likeness (QED) is 0.175. The van der Waals surface area contributed by atoms with Gasteiger partial charge in [0.1, 0.15) is 0 Å². The van der Waals surface area contributed by atoms with Crippen LogP contribution in [0.1, 0.15) is 38.2 Å². The highest BCUT2D eigenvalue weighted by Crippen LogP contribution is 2.24. The van der Waals surface area contributed by atoms with Gasteiger partial charge in [-0.05, 0) is 29.9 Å². The second-order valence-electron chi connectivity index (χ2n) is 6.25. The van der Waals surface area contributed by atoms with Crippen molar-refractivity contribution in [3.63, 3.8) is 0 Å². The lowest BCUT2D eigenvalue weighted by molar-refractivity contribution is 0.706. The van der Waals surface area contributed by atoms with E-state index < -0.39 is 0 Å². The summed E-state index contributed by atoms with van der Waals surface area (Å²) in [6.45, 7) is 2.25. The maximum Gasteiger partial charge on any atom is 0.203 e. The van der Waals surface area contributed by atoms with Crippen molar-refractivity contribution < 1.29 is 0 Å². The number of hydrazone groups is 1. The number of hydrogen-bond acceptors (Lipinski definition) is 5. The number of benzene rings is 2. The average molecular weight is 396 g/mol. The van der Waals surface area contributed by atoms with Crippen LogP contribution in [0.3, 0.4) is 0 Å². The number of anilines is 1. The van der Waals surface area contributed by atoms with Crippen LogP contribution in [0, 0.1) is 0 Å². The molecule has 140 valence electrons. The lowest BCUT2D eigenvalue weighted by Gasteiger charge is -2.02. The van der Waals surface area contributed by atoms with Gasteiger partial charge in [-0.2, -0.15) is 5.10 Å². The molecule has 3 nitrogen and oxygen atoms in total. The van der Waals surface area contributed by atoms with Crippen LogP contribution in [0.2, 0.25) is 0 Å². The normalized spacial score (nSPS) is 11.1. The van der Waals surface area contributed by atoms with E-state index in [9.17, 15) is 0 Å². The Hall–Kier alpha value is -2.11. The number of aromatic nitrogens is 1. The summed E-state index contributed by atoms with van der Waals surface area (Å²) in [5.74, 6) is 1.20. The Bertz CT molecular complexity index is 826. The number of hydrogen-bond donors (Lipinski definition) is 1. The third kappa shape index (κ3) is 6.52. The van der Waals surface area contributed by atoms with Crippen molar-refractivity contribution in [2.24, 2.45) is 5.10 Å². The van der Waals surface area contributed by atoms with Crippen LogP contribution >= 0.6 is 23.1 Å². The Labute approximate surface area is 169 Å². The van der Waals surface area contributed by atoms with E-state index in [1.807, 2.05) is 41.6 Å². The third-order valence-electron chi connectivity index (χ3n) is 4.09. The number of thioether (sulfide) groups is 1. The van der Waals surface area contributed by atoms with Crippen molar-refractivity contribution in [3.8, 4) is 11.3 Å². The molecule has 27 heavy (non-hydrogen) atoms. The van der Waals surface area contributed by atoms with E-state index in [0.29, 0.717) is 0 Å². The average Bonchev–Trinajstić information content (AvgIpc) is 3.19. The molecule has 1 aromatic heterocycles. The van der Waals surface area contributed by atoms with Crippen LogP contribution in [0.15, 0.2) is 70.0 Å². The third-order valence-corrected chi connectivity index (χ3v) is 5.94. The SMILES string of the molecule is CCCCCCSc1ccc(C=NNc2nc(-c3ccccc3)cs2)cc1. The number of nitrogens with zero attached hydrogens (tertiary/aromatic N) is 2. The van der Waals surface area contributed by atoms with Crippen LogP contribution in [-0.2, 0) is 0 Å². The first kappa shape index (κ1) is 19.6. The maximum atomic E-state index is 4.57. The fourth-order valence-electron chi connectivity index (χ4n) is 2.60. The van der Waals surface area contributed by atoms with Gasteiger partial charge in [0.2, 0.25) is 5.13 Å². The molecule has 3 aromatic rings. The van der Waals surface area contributed by atoms with Gasteiger partial charge in [-0.1, -0.05) is 68.7 Å². The van der Waals surface area contributed by atoms with Gasteiger partial charge in [0.25, 0.3) is 0 Å². The number of rotatable bonds is 10. The predicted molar refractivity (Wildman–Crippen MR) is 120 cm³/mol. The van der Waals surface area contributed by atoms with Crippen LogP contribution < -0.4 is 5.43 Å². The fraction of sp³-hybridized carbons (Fsp3) is 0.273. The van der Waals surface area contributed by atoms with Crippen molar-refractivity contribution in [2.75, 3.05) is 11.2 Å². The molecule has 3 rings (SSSR count). The van der Waals surface area contributed by atoms with Gasteiger partial charge in [0.05, 0.1) is 11.9 Å². The Morgan fingerprint density at radius 2 is 1.85 bits per heavy atom. The van der Waals surface area contributed by atoms with Crippen molar-refractivity contribution in [1.82, 2.24) is 4.98 Å². The van der Waals surface area contributed by atoms with E-state index in [1.54, 1.807) is 11.3 Å². The molecule has 0 unspecified atom stereocenters. The Kier molecular flexibility index (Phi) is 7.93. The summed E-state index contributed by atoms with van der Waals surface area (Å²) in [6, 6.07) is 18.7. The molecule has 0 radical (unpaired) electrons. The van der Waals surface area contributed by atoms with Gasteiger partial charge < -0.3 is 0 Å². The molecular formula is C22H25N3S2. The van der Waals surface area contributed by atoms with E-state index in [0.717, 1.165) is 22.0 Å². The molecule has 1 heterocycles. The summed E-state index contributed by atoms with van der Waals surface area (Å²) < 4.78 is 0. The van der Waals surface area contributed by atoms with E-state index >= 15 is 0 Å². The molecule has 0 aliphatic heterocycles. The van der Waals surface area contributed by atoms with E-state index in [2.05, 4.69) is 58.8 Å². The predicted octanol–water partition coefficient (Wildman–Crippen LogP) is 6.93. The minimum atomic E-state index is 0.796. The Morgan fingerprint density at radius 3 is 2.63 bits per heavy atom. The van der Waals surface area contributed by atoms with Gasteiger partial charge in [-0.25, -0.2) is 4.98 Å². The van der Waals surface area contributed by atoms with Crippen LogP contribution in [0.4, 0.5) is 5.13 Å². The van der Waals surface area contributed by atoms with Gasteiger partial charge in [-0.15, -0.1) is 23.1 Å². The first-order valence-corrected chi connectivity index (χ1v) is 11.2. The topological polar surface area (TPSA) is 37.3 Å². The van der Waals surface area contributed by atoms with E-state index in [-0.39, 0.29) is 0 Å². The molecule has 1 N–H and O–H groups in total. The van der Waals surface area contributed by atoms with Crippen molar-refractivity contribution in [1.29, 1.82) is 0 Å². The minimum absolute atomic E-state index is 0.796. The molecule has 0 fully saturated rings. The lowest BCUT2D eigenvalue weighted by atomic mass is 10.2. The zero-order chi connectivity index (χ0) is 18.7.